The maximum Gasteiger partial charge on any atom is 0.258 e. The molecule has 2 rings (SSSR count). The SMILES string of the molecule is CC(C)[C@@H](NC(=O)COc1ccc(Cl)cc1)C(=O)N1CCCCC1. The minimum Gasteiger partial charge on any atom is -0.484 e. The standard InChI is InChI=1S/C18H25ClN2O3/c1-13(2)17(18(23)21-10-4-3-5-11-21)20-16(22)12-24-15-8-6-14(19)7-9-15/h6-9,13,17H,3-5,10-12H2,1-2H3,(H,20,22)/t17-/m1/s1. The highest BCUT2D eigenvalue weighted by atomic mass is 35.5. The number of amides is 2. The molecule has 1 aliphatic heterocycles. The Balaban J connectivity index is 1.88. The summed E-state index contributed by atoms with van der Waals surface area (Å²) in [6.45, 7) is 5.30. The van der Waals surface area contributed by atoms with Crippen molar-refractivity contribution in [1.29, 1.82) is 0 Å². The number of benzene rings is 1. The summed E-state index contributed by atoms with van der Waals surface area (Å²) in [5, 5.41) is 3.42. The molecular formula is C18H25ClN2O3. The summed E-state index contributed by atoms with van der Waals surface area (Å²) in [7, 11) is 0. The molecule has 24 heavy (non-hydrogen) atoms. The third-order valence-corrected chi connectivity index (χ3v) is 4.35. The fourth-order valence-corrected chi connectivity index (χ4v) is 2.85. The molecule has 2 amide bonds. The minimum absolute atomic E-state index is 0.00421. The Labute approximate surface area is 148 Å². The average Bonchev–Trinajstić information content (AvgIpc) is 2.59. The van der Waals surface area contributed by atoms with Crippen LogP contribution in [-0.2, 0) is 9.59 Å². The van der Waals surface area contributed by atoms with E-state index in [-0.39, 0.29) is 24.3 Å². The molecule has 0 saturated carbocycles. The first-order valence-electron chi connectivity index (χ1n) is 8.44. The van der Waals surface area contributed by atoms with Crippen molar-refractivity contribution in [2.45, 2.75) is 39.2 Å². The number of likely N-dealkylation sites (tertiary alicyclic amines) is 1. The maximum absolute atomic E-state index is 12.6. The lowest BCUT2D eigenvalue weighted by molar-refractivity contribution is -0.138. The van der Waals surface area contributed by atoms with Gasteiger partial charge in [-0.15, -0.1) is 0 Å². The normalized spacial score (nSPS) is 15.9. The molecule has 0 bridgehead atoms. The van der Waals surface area contributed by atoms with Crippen molar-refractivity contribution in [1.82, 2.24) is 10.2 Å². The van der Waals surface area contributed by atoms with Gasteiger partial charge in [-0.3, -0.25) is 9.59 Å². The van der Waals surface area contributed by atoms with Crippen molar-refractivity contribution in [2.24, 2.45) is 5.92 Å². The molecule has 0 aliphatic carbocycles. The number of nitrogens with zero attached hydrogens (tertiary/aromatic N) is 1. The highest BCUT2D eigenvalue weighted by Gasteiger charge is 2.29. The van der Waals surface area contributed by atoms with Crippen LogP contribution in [-0.4, -0.2) is 42.5 Å². The first kappa shape index (κ1) is 18.6. The van der Waals surface area contributed by atoms with Crippen LogP contribution in [0, 0.1) is 5.92 Å². The van der Waals surface area contributed by atoms with E-state index in [0.29, 0.717) is 10.8 Å². The molecule has 1 aromatic rings. The number of nitrogens with one attached hydrogen (secondary N) is 1. The zero-order valence-corrected chi connectivity index (χ0v) is 15.0. The Bertz CT molecular complexity index is 554. The second-order valence-corrected chi connectivity index (χ2v) is 6.85. The lowest BCUT2D eigenvalue weighted by atomic mass is 10.0. The van der Waals surface area contributed by atoms with E-state index in [1.807, 2.05) is 18.7 Å². The number of carbonyl (C=O) groups is 2. The minimum atomic E-state index is -0.510. The van der Waals surface area contributed by atoms with Crippen molar-refractivity contribution in [2.75, 3.05) is 19.7 Å². The monoisotopic (exact) mass is 352 g/mol. The summed E-state index contributed by atoms with van der Waals surface area (Å²) in [6.07, 6.45) is 3.23. The third-order valence-electron chi connectivity index (χ3n) is 4.10. The van der Waals surface area contributed by atoms with Gasteiger partial charge in [0.1, 0.15) is 11.8 Å². The molecular weight excluding hydrogens is 328 g/mol. The molecule has 5 nitrogen and oxygen atoms in total. The third kappa shape index (κ3) is 5.41. The number of carbonyl (C=O) groups excluding carboxylic acids is 2. The van der Waals surface area contributed by atoms with Crippen molar-refractivity contribution in [3.8, 4) is 5.75 Å². The second kappa shape index (κ2) is 8.92. The van der Waals surface area contributed by atoms with Crippen molar-refractivity contribution in [3.05, 3.63) is 29.3 Å². The Morgan fingerprint density at radius 3 is 2.38 bits per heavy atom. The molecule has 1 atom stereocenters. The predicted octanol–water partition coefficient (Wildman–Crippen LogP) is 2.87. The van der Waals surface area contributed by atoms with Crippen LogP contribution in [0.5, 0.6) is 5.75 Å². The summed E-state index contributed by atoms with van der Waals surface area (Å²) in [4.78, 5) is 26.7. The van der Waals surface area contributed by atoms with Crippen LogP contribution >= 0.6 is 11.6 Å². The summed E-state index contributed by atoms with van der Waals surface area (Å²) in [5.74, 6) is 0.301. The smallest absolute Gasteiger partial charge is 0.258 e. The van der Waals surface area contributed by atoms with Gasteiger partial charge in [0.25, 0.3) is 5.91 Å². The molecule has 1 aliphatic rings. The maximum atomic E-state index is 12.6. The van der Waals surface area contributed by atoms with E-state index in [9.17, 15) is 9.59 Å². The fourth-order valence-electron chi connectivity index (χ4n) is 2.72. The van der Waals surface area contributed by atoms with E-state index in [2.05, 4.69) is 5.32 Å². The van der Waals surface area contributed by atoms with Gasteiger partial charge in [-0.2, -0.15) is 0 Å². The largest absolute Gasteiger partial charge is 0.484 e. The fraction of sp³-hybridized carbons (Fsp3) is 0.556. The van der Waals surface area contributed by atoms with E-state index < -0.39 is 6.04 Å². The topological polar surface area (TPSA) is 58.6 Å². The first-order chi connectivity index (χ1) is 11.5. The van der Waals surface area contributed by atoms with E-state index in [0.717, 1.165) is 32.4 Å². The van der Waals surface area contributed by atoms with Crippen LogP contribution < -0.4 is 10.1 Å². The van der Waals surface area contributed by atoms with Crippen LogP contribution in [0.3, 0.4) is 0 Å². The molecule has 0 radical (unpaired) electrons. The van der Waals surface area contributed by atoms with Gasteiger partial charge in [-0.25, -0.2) is 0 Å². The van der Waals surface area contributed by atoms with Crippen LogP contribution in [0.15, 0.2) is 24.3 Å². The molecule has 1 heterocycles. The molecule has 6 heteroatoms. The number of rotatable bonds is 6. The molecule has 1 aromatic carbocycles. The van der Waals surface area contributed by atoms with Gasteiger partial charge in [-0.05, 0) is 49.4 Å². The van der Waals surface area contributed by atoms with E-state index in [1.165, 1.54) is 0 Å². The van der Waals surface area contributed by atoms with Gasteiger partial charge < -0.3 is 15.0 Å². The van der Waals surface area contributed by atoms with Crippen LogP contribution in [0.1, 0.15) is 33.1 Å². The predicted molar refractivity (Wildman–Crippen MR) is 94.1 cm³/mol. The van der Waals surface area contributed by atoms with Crippen molar-refractivity contribution >= 4 is 23.4 Å². The Morgan fingerprint density at radius 2 is 1.79 bits per heavy atom. The average molecular weight is 353 g/mol. The van der Waals surface area contributed by atoms with E-state index in [4.69, 9.17) is 16.3 Å². The van der Waals surface area contributed by atoms with Gasteiger partial charge in [0.15, 0.2) is 6.61 Å². The van der Waals surface area contributed by atoms with Gasteiger partial charge in [0.2, 0.25) is 5.91 Å². The van der Waals surface area contributed by atoms with E-state index in [1.54, 1.807) is 24.3 Å². The number of ether oxygens (including phenoxy) is 1. The summed E-state index contributed by atoms with van der Waals surface area (Å²) >= 11 is 5.81. The Morgan fingerprint density at radius 1 is 1.17 bits per heavy atom. The molecule has 1 saturated heterocycles. The van der Waals surface area contributed by atoms with Gasteiger partial charge in [0, 0.05) is 18.1 Å². The zero-order chi connectivity index (χ0) is 17.5. The molecule has 0 unspecified atom stereocenters. The lowest BCUT2D eigenvalue weighted by Crippen LogP contribution is -2.53. The second-order valence-electron chi connectivity index (χ2n) is 6.42. The van der Waals surface area contributed by atoms with Gasteiger partial charge in [-0.1, -0.05) is 25.4 Å². The molecule has 132 valence electrons. The van der Waals surface area contributed by atoms with Crippen LogP contribution in [0.25, 0.3) is 0 Å². The summed E-state index contributed by atoms with van der Waals surface area (Å²) in [6, 6.07) is 6.30. The number of hydrogen-bond acceptors (Lipinski definition) is 3. The molecule has 1 fully saturated rings. The van der Waals surface area contributed by atoms with E-state index >= 15 is 0 Å². The lowest BCUT2D eigenvalue weighted by Gasteiger charge is -2.32. The molecule has 0 aromatic heterocycles. The molecule has 0 spiro atoms. The van der Waals surface area contributed by atoms with Crippen LogP contribution in [0.4, 0.5) is 0 Å². The highest BCUT2D eigenvalue weighted by molar-refractivity contribution is 6.30. The first-order valence-corrected chi connectivity index (χ1v) is 8.81. The van der Waals surface area contributed by atoms with Crippen molar-refractivity contribution < 1.29 is 14.3 Å². The number of halogens is 1. The van der Waals surface area contributed by atoms with Gasteiger partial charge >= 0.3 is 0 Å². The Hall–Kier alpha value is -1.75. The Kier molecular flexibility index (Phi) is 6.91. The quantitative estimate of drug-likeness (QED) is 0.856. The number of piperidine rings is 1. The highest BCUT2D eigenvalue weighted by Crippen LogP contribution is 2.16. The zero-order valence-electron chi connectivity index (χ0n) is 14.3. The number of hydrogen-bond donors (Lipinski definition) is 1. The van der Waals surface area contributed by atoms with Gasteiger partial charge in [0.05, 0.1) is 0 Å². The summed E-state index contributed by atoms with van der Waals surface area (Å²) < 4.78 is 5.43. The van der Waals surface area contributed by atoms with Crippen molar-refractivity contribution in [3.63, 3.8) is 0 Å². The van der Waals surface area contributed by atoms with Crippen LogP contribution in [0.2, 0.25) is 5.02 Å². The molecule has 1 N–H and O–H groups in total. The summed E-state index contributed by atoms with van der Waals surface area (Å²) in [5.41, 5.74) is 0.